The van der Waals surface area contributed by atoms with Crippen LogP contribution >= 0.6 is 0 Å². The summed E-state index contributed by atoms with van der Waals surface area (Å²) in [5, 5.41) is 3.36. The quantitative estimate of drug-likeness (QED) is 0.668. The smallest absolute Gasteiger partial charge is 0.193 e. The highest BCUT2D eigenvalue weighted by Crippen LogP contribution is 2.15. The van der Waals surface area contributed by atoms with Gasteiger partial charge in [-0.3, -0.25) is 9.20 Å². The van der Waals surface area contributed by atoms with Crippen molar-refractivity contribution < 1.29 is 4.21 Å². The van der Waals surface area contributed by atoms with E-state index >= 15 is 0 Å². The number of hydrogen-bond donors (Lipinski definition) is 1. The van der Waals surface area contributed by atoms with Crippen LogP contribution in [0.3, 0.4) is 0 Å². The summed E-state index contributed by atoms with van der Waals surface area (Å²) in [5.74, 6) is 2.95. The summed E-state index contributed by atoms with van der Waals surface area (Å²) >= 11 is 0. The minimum absolute atomic E-state index is 0.627. The highest BCUT2D eigenvalue weighted by Gasteiger charge is 2.18. The van der Waals surface area contributed by atoms with E-state index in [1.54, 1.807) is 0 Å². The molecule has 2 rings (SSSR count). The second-order valence-electron chi connectivity index (χ2n) is 5.94. The predicted molar refractivity (Wildman–Crippen MR) is 94.5 cm³/mol. The third kappa shape index (κ3) is 5.44. The molecule has 0 radical (unpaired) electrons. The first kappa shape index (κ1) is 17.0. The van der Waals surface area contributed by atoms with Gasteiger partial charge in [-0.1, -0.05) is 37.3 Å². The van der Waals surface area contributed by atoms with Gasteiger partial charge in [0.2, 0.25) is 0 Å². The maximum absolute atomic E-state index is 12.1. The first-order chi connectivity index (χ1) is 10.7. The number of rotatable bonds is 5. The van der Waals surface area contributed by atoms with Crippen LogP contribution in [0.1, 0.15) is 25.3 Å². The van der Waals surface area contributed by atoms with E-state index in [9.17, 15) is 4.21 Å². The van der Waals surface area contributed by atoms with Gasteiger partial charge in [0.15, 0.2) is 5.96 Å². The van der Waals surface area contributed by atoms with Crippen molar-refractivity contribution in [2.45, 2.75) is 25.5 Å². The Morgan fingerprint density at radius 3 is 2.86 bits per heavy atom. The Kier molecular flexibility index (Phi) is 6.90. The summed E-state index contributed by atoms with van der Waals surface area (Å²) in [6.45, 7) is 5.12. The number of nitrogens with one attached hydrogen (secondary N) is 1. The molecule has 4 nitrogen and oxygen atoms in total. The van der Waals surface area contributed by atoms with Crippen LogP contribution < -0.4 is 5.32 Å². The number of guanidine groups is 1. The van der Waals surface area contributed by atoms with Crippen LogP contribution in [0, 0.1) is 5.92 Å². The third-order valence-corrected chi connectivity index (χ3v) is 5.27. The number of piperidine rings is 1. The molecule has 5 heteroatoms. The third-order valence-electron chi connectivity index (χ3n) is 3.95. The molecular formula is C17H27N3OS. The van der Waals surface area contributed by atoms with Crippen molar-refractivity contribution >= 4 is 16.8 Å². The molecule has 1 saturated heterocycles. The molecule has 1 fully saturated rings. The molecule has 0 saturated carbocycles. The largest absolute Gasteiger partial charge is 0.355 e. The van der Waals surface area contributed by atoms with Gasteiger partial charge >= 0.3 is 0 Å². The molecule has 2 atom stereocenters. The van der Waals surface area contributed by atoms with E-state index in [-0.39, 0.29) is 0 Å². The standard InChI is InChI=1S/C17H27N3OS/c1-15-7-6-11-20(13-15)17(18-2)19-10-12-22(21)14-16-8-4-3-5-9-16/h3-5,8-9,15H,6-7,10-14H2,1-2H3,(H,18,19). The summed E-state index contributed by atoms with van der Waals surface area (Å²) in [4.78, 5) is 6.67. The summed E-state index contributed by atoms with van der Waals surface area (Å²) in [5.41, 5.74) is 1.13. The zero-order chi connectivity index (χ0) is 15.8. The van der Waals surface area contributed by atoms with Gasteiger partial charge in [-0.2, -0.15) is 0 Å². The zero-order valence-corrected chi connectivity index (χ0v) is 14.4. The van der Waals surface area contributed by atoms with Crippen molar-refractivity contribution in [1.82, 2.24) is 10.2 Å². The maximum Gasteiger partial charge on any atom is 0.193 e. The number of nitrogens with zero attached hydrogens (tertiary/aromatic N) is 2. The number of likely N-dealkylation sites (tertiary alicyclic amines) is 1. The normalized spacial score (nSPS) is 20.7. The summed E-state index contributed by atoms with van der Waals surface area (Å²) in [7, 11) is 0.985. The molecule has 1 aromatic carbocycles. The van der Waals surface area contributed by atoms with Crippen molar-refractivity contribution in [1.29, 1.82) is 0 Å². The van der Waals surface area contributed by atoms with Gasteiger partial charge in [0, 0.05) is 49.0 Å². The predicted octanol–water partition coefficient (Wildman–Crippen LogP) is 2.24. The van der Waals surface area contributed by atoms with E-state index < -0.39 is 10.8 Å². The molecule has 0 bridgehead atoms. The molecule has 1 heterocycles. The van der Waals surface area contributed by atoms with Gasteiger partial charge < -0.3 is 10.2 Å². The van der Waals surface area contributed by atoms with Crippen LogP contribution in [-0.2, 0) is 16.6 Å². The van der Waals surface area contributed by atoms with E-state index in [0.717, 1.165) is 30.5 Å². The molecule has 1 aliphatic rings. The first-order valence-electron chi connectivity index (χ1n) is 8.03. The molecule has 1 aromatic rings. The van der Waals surface area contributed by atoms with E-state index in [1.807, 2.05) is 37.4 Å². The SMILES string of the molecule is CN=C(NCCS(=O)Cc1ccccc1)N1CCCC(C)C1. The highest BCUT2D eigenvalue weighted by atomic mass is 32.2. The molecular weight excluding hydrogens is 294 g/mol. The first-order valence-corrected chi connectivity index (χ1v) is 9.52. The fourth-order valence-corrected chi connectivity index (χ4v) is 3.86. The van der Waals surface area contributed by atoms with Gasteiger partial charge in [-0.05, 0) is 24.3 Å². The lowest BCUT2D eigenvalue weighted by Gasteiger charge is -2.33. The molecule has 2 unspecified atom stereocenters. The van der Waals surface area contributed by atoms with Crippen molar-refractivity contribution in [3.63, 3.8) is 0 Å². The Hall–Kier alpha value is -1.36. The molecule has 0 spiro atoms. The van der Waals surface area contributed by atoms with Crippen LogP contribution in [0.5, 0.6) is 0 Å². The fourth-order valence-electron chi connectivity index (χ4n) is 2.82. The lowest BCUT2D eigenvalue weighted by atomic mass is 10.0. The molecule has 0 amide bonds. The Labute approximate surface area is 136 Å². The number of hydrogen-bond acceptors (Lipinski definition) is 2. The average molecular weight is 321 g/mol. The fraction of sp³-hybridized carbons (Fsp3) is 0.588. The zero-order valence-electron chi connectivity index (χ0n) is 13.6. The second kappa shape index (κ2) is 8.93. The van der Waals surface area contributed by atoms with Crippen molar-refractivity contribution in [2.24, 2.45) is 10.9 Å². The minimum atomic E-state index is -0.837. The topological polar surface area (TPSA) is 44.7 Å². The second-order valence-corrected chi connectivity index (χ2v) is 7.52. The van der Waals surface area contributed by atoms with Gasteiger partial charge in [0.1, 0.15) is 0 Å². The van der Waals surface area contributed by atoms with Crippen LogP contribution in [-0.4, -0.2) is 47.5 Å². The van der Waals surface area contributed by atoms with Gasteiger partial charge in [0.25, 0.3) is 0 Å². The van der Waals surface area contributed by atoms with Gasteiger partial charge in [-0.15, -0.1) is 0 Å². The Morgan fingerprint density at radius 1 is 1.41 bits per heavy atom. The molecule has 0 aliphatic carbocycles. The van der Waals surface area contributed by atoms with Crippen LogP contribution in [0.25, 0.3) is 0 Å². The minimum Gasteiger partial charge on any atom is -0.355 e. The molecule has 0 aromatic heterocycles. The van der Waals surface area contributed by atoms with Crippen LogP contribution in [0.2, 0.25) is 0 Å². The van der Waals surface area contributed by atoms with Crippen molar-refractivity contribution in [2.75, 3.05) is 32.4 Å². The number of benzene rings is 1. The van der Waals surface area contributed by atoms with Crippen LogP contribution in [0.15, 0.2) is 35.3 Å². The van der Waals surface area contributed by atoms with Crippen molar-refractivity contribution in [3.8, 4) is 0 Å². The lowest BCUT2D eigenvalue weighted by molar-refractivity contribution is 0.266. The van der Waals surface area contributed by atoms with E-state index in [4.69, 9.17) is 0 Å². The van der Waals surface area contributed by atoms with Crippen LogP contribution in [0.4, 0.5) is 0 Å². The van der Waals surface area contributed by atoms with E-state index in [0.29, 0.717) is 18.1 Å². The molecule has 1 N–H and O–H groups in total. The highest BCUT2D eigenvalue weighted by molar-refractivity contribution is 7.84. The summed E-state index contributed by atoms with van der Waals surface area (Å²) < 4.78 is 12.1. The van der Waals surface area contributed by atoms with Gasteiger partial charge in [0.05, 0.1) is 0 Å². The van der Waals surface area contributed by atoms with Gasteiger partial charge in [-0.25, -0.2) is 0 Å². The van der Waals surface area contributed by atoms with E-state index in [1.165, 1.54) is 12.8 Å². The molecule has 122 valence electrons. The van der Waals surface area contributed by atoms with E-state index in [2.05, 4.69) is 22.1 Å². The van der Waals surface area contributed by atoms with Crippen molar-refractivity contribution in [3.05, 3.63) is 35.9 Å². The monoisotopic (exact) mass is 321 g/mol. The average Bonchev–Trinajstić information content (AvgIpc) is 2.52. The lowest BCUT2D eigenvalue weighted by Crippen LogP contribution is -2.47. The number of aliphatic imine (C=N–C) groups is 1. The maximum atomic E-state index is 12.1. The Balaban J connectivity index is 1.73. The Bertz CT molecular complexity index is 504. The Morgan fingerprint density at radius 2 is 2.18 bits per heavy atom. The molecule has 22 heavy (non-hydrogen) atoms. The summed E-state index contributed by atoms with van der Waals surface area (Å²) in [6, 6.07) is 10.0. The summed E-state index contributed by atoms with van der Waals surface area (Å²) in [6.07, 6.45) is 2.52. The molecule has 1 aliphatic heterocycles.